The molecule has 1 fully saturated rings. The van der Waals surface area contributed by atoms with Gasteiger partial charge in [-0.05, 0) is 68.6 Å². The minimum absolute atomic E-state index is 0.750. The van der Waals surface area contributed by atoms with Crippen LogP contribution in [0.4, 0.5) is 0 Å². The highest BCUT2D eigenvalue weighted by Crippen LogP contribution is 2.19. The van der Waals surface area contributed by atoms with Crippen molar-refractivity contribution in [2.45, 2.75) is 33.2 Å². The Morgan fingerprint density at radius 3 is 2.43 bits per heavy atom. The van der Waals surface area contributed by atoms with Crippen molar-refractivity contribution in [3.63, 3.8) is 0 Å². The lowest BCUT2D eigenvalue weighted by molar-refractivity contribution is 0.175. The highest BCUT2D eigenvalue weighted by Gasteiger charge is 2.18. The number of rotatable bonds is 7. The highest BCUT2D eigenvalue weighted by molar-refractivity contribution is 5.27. The zero-order valence-electron chi connectivity index (χ0n) is 13.8. The number of hydrogen-bond donors (Lipinski definition) is 1. The maximum absolute atomic E-state index is 5.21. The molecule has 1 saturated heterocycles. The molecular weight excluding hydrogens is 260 g/mol. The molecule has 1 aromatic rings. The molecule has 0 aliphatic carbocycles. The van der Waals surface area contributed by atoms with Gasteiger partial charge in [0.2, 0.25) is 0 Å². The van der Waals surface area contributed by atoms with Crippen molar-refractivity contribution < 1.29 is 4.74 Å². The monoisotopic (exact) mass is 290 g/mol. The second-order valence-corrected chi connectivity index (χ2v) is 6.62. The fourth-order valence-electron chi connectivity index (χ4n) is 2.91. The summed E-state index contributed by atoms with van der Waals surface area (Å²) in [6, 6.07) is 8.46. The van der Waals surface area contributed by atoms with Crippen LogP contribution >= 0.6 is 0 Å². The second kappa shape index (κ2) is 8.40. The van der Waals surface area contributed by atoms with Crippen LogP contribution in [0.5, 0.6) is 5.75 Å². The van der Waals surface area contributed by atoms with E-state index in [-0.39, 0.29) is 0 Å². The molecular formula is C18H30N2O. The molecule has 0 atom stereocenters. The summed E-state index contributed by atoms with van der Waals surface area (Å²) in [5.74, 6) is 2.55. The van der Waals surface area contributed by atoms with Gasteiger partial charge in [0.1, 0.15) is 5.75 Å². The third-order valence-electron chi connectivity index (χ3n) is 4.26. The van der Waals surface area contributed by atoms with Gasteiger partial charge in [-0.25, -0.2) is 0 Å². The SMILES string of the molecule is COc1ccc(CN2CCC(CNCC(C)C)CC2)cc1. The number of nitrogens with one attached hydrogen (secondary N) is 1. The van der Waals surface area contributed by atoms with Crippen LogP contribution in [0.2, 0.25) is 0 Å². The van der Waals surface area contributed by atoms with Gasteiger partial charge < -0.3 is 10.1 Å². The summed E-state index contributed by atoms with van der Waals surface area (Å²) in [7, 11) is 1.72. The zero-order valence-corrected chi connectivity index (χ0v) is 13.8. The highest BCUT2D eigenvalue weighted by atomic mass is 16.5. The smallest absolute Gasteiger partial charge is 0.118 e. The van der Waals surface area contributed by atoms with Crippen LogP contribution in [0.1, 0.15) is 32.3 Å². The van der Waals surface area contributed by atoms with Crippen molar-refractivity contribution in [1.82, 2.24) is 10.2 Å². The van der Waals surface area contributed by atoms with E-state index in [9.17, 15) is 0 Å². The summed E-state index contributed by atoms with van der Waals surface area (Å²) in [5, 5.41) is 3.60. The van der Waals surface area contributed by atoms with Gasteiger partial charge in [-0.15, -0.1) is 0 Å². The molecule has 3 heteroatoms. The summed E-state index contributed by atoms with van der Waals surface area (Å²) in [6.07, 6.45) is 2.64. The van der Waals surface area contributed by atoms with Crippen molar-refractivity contribution in [3.05, 3.63) is 29.8 Å². The first-order chi connectivity index (χ1) is 10.2. The minimum Gasteiger partial charge on any atom is -0.497 e. The number of hydrogen-bond acceptors (Lipinski definition) is 3. The van der Waals surface area contributed by atoms with E-state index in [1.165, 1.54) is 38.0 Å². The number of likely N-dealkylation sites (tertiary alicyclic amines) is 1. The van der Waals surface area contributed by atoms with Gasteiger partial charge in [-0.2, -0.15) is 0 Å². The Kier molecular flexibility index (Phi) is 6.52. The molecule has 21 heavy (non-hydrogen) atoms. The average molecular weight is 290 g/mol. The van der Waals surface area contributed by atoms with Crippen molar-refractivity contribution in [1.29, 1.82) is 0 Å². The fourth-order valence-corrected chi connectivity index (χ4v) is 2.91. The van der Waals surface area contributed by atoms with Gasteiger partial charge in [0, 0.05) is 6.54 Å². The largest absolute Gasteiger partial charge is 0.497 e. The fraction of sp³-hybridized carbons (Fsp3) is 0.667. The Labute approximate surface area is 129 Å². The molecule has 1 aliphatic heterocycles. The van der Waals surface area contributed by atoms with Gasteiger partial charge in [0.05, 0.1) is 7.11 Å². The van der Waals surface area contributed by atoms with Gasteiger partial charge in [-0.1, -0.05) is 26.0 Å². The number of methoxy groups -OCH3 is 1. The number of piperidine rings is 1. The molecule has 0 amide bonds. The summed E-state index contributed by atoms with van der Waals surface area (Å²) >= 11 is 0. The summed E-state index contributed by atoms with van der Waals surface area (Å²) in [4.78, 5) is 2.57. The Bertz CT molecular complexity index is 394. The van der Waals surface area contributed by atoms with Crippen molar-refractivity contribution in [3.8, 4) is 5.75 Å². The van der Waals surface area contributed by atoms with E-state index in [4.69, 9.17) is 4.74 Å². The van der Waals surface area contributed by atoms with Gasteiger partial charge in [0.25, 0.3) is 0 Å². The van der Waals surface area contributed by atoms with Gasteiger partial charge in [-0.3, -0.25) is 4.90 Å². The maximum atomic E-state index is 5.21. The Morgan fingerprint density at radius 1 is 1.19 bits per heavy atom. The van der Waals surface area contributed by atoms with E-state index in [0.717, 1.165) is 30.7 Å². The second-order valence-electron chi connectivity index (χ2n) is 6.62. The molecule has 0 saturated carbocycles. The van der Waals surface area contributed by atoms with Crippen LogP contribution in [0.15, 0.2) is 24.3 Å². The molecule has 0 radical (unpaired) electrons. The van der Waals surface area contributed by atoms with E-state index < -0.39 is 0 Å². The zero-order chi connectivity index (χ0) is 15.1. The lowest BCUT2D eigenvalue weighted by Gasteiger charge is -2.32. The van der Waals surface area contributed by atoms with E-state index >= 15 is 0 Å². The molecule has 1 heterocycles. The van der Waals surface area contributed by atoms with E-state index in [1.807, 2.05) is 0 Å². The first-order valence-electron chi connectivity index (χ1n) is 8.23. The molecule has 1 aliphatic rings. The molecule has 2 rings (SSSR count). The van der Waals surface area contributed by atoms with Crippen molar-refractivity contribution in [2.75, 3.05) is 33.3 Å². The predicted octanol–water partition coefficient (Wildman–Crippen LogP) is 3.15. The standard InChI is InChI=1S/C18H30N2O/c1-15(2)12-19-13-16-8-10-20(11-9-16)14-17-4-6-18(21-3)7-5-17/h4-7,15-16,19H,8-14H2,1-3H3. The van der Waals surface area contributed by atoms with Gasteiger partial charge >= 0.3 is 0 Å². The first-order valence-corrected chi connectivity index (χ1v) is 8.23. The van der Waals surface area contributed by atoms with Crippen LogP contribution in [0, 0.1) is 11.8 Å². The molecule has 3 nitrogen and oxygen atoms in total. The molecule has 118 valence electrons. The predicted molar refractivity (Wildman–Crippen MR) is 88.7 cm³/mol. The molecule has 0 spiro atoms. The Balaban J connectivity index is 1.68. The first kappa shape index (κ1) is 16.3. The maximum Gasteiger partial charge on any atom is 0.118 e. The lowest BCUT2D eigenvalue weighted by atomic mass is 9.96. The summed E-state index contributed by atoms with van der Waals surface area (Å²) in [5.41, 5.74) is 1.38. The number of ether oxygens (including phenoxy) is 1. The van der Waals surface area contributed by atoms with E-state index in [2.05, 4.69) is 48.3 Å². The van der Waals surface area contributed by atoms with Crippen LogP contribution in [-0.2, 0) is 6.54 Å². The quantitative estimate of drug-likeness (QED) is 0.835. The van der Waals surface area contributed by atoms with Crippen molar-refractivity contribution >= 4 is 0 Å². The Morgan fingerprint density at radius 2 is 1.86 bits per heavy atom. The van der Waals surface area contributed by atoms with E-state index in [0.29, 0.717) is 0 Å². The third-order valence-corrected chi connectivity index (χ3v) is 4.26. The number of nitrogens with zero attached hydrogens (tertiary/aromatic N) is 1. The molecule has 0 unspecified atom stereocenters. The van der Waals surface area contributed by atoms with Gasteiger partial charge in [0.15, 0.2) is 0 Å². The number of benzene rings is 1. The third kappa shape index (κ3) is 5.68. The summed E-state index contributed by atoms with van der Waals surface area (Å²) < 4.78 is 5.21. The topological polar surface area (TPSA) is 24.5 Å². The van der Waals surface area contributed by atoms with Crippen LogP contribution in [0.3, 0.4) is 0 Å². The Hall–Kier alpha value is -1.06. The van der Waals surface area contributed by atoms with Crippen molar-refractivity contribution in [2.24, 2.45) is 11.8 Å². The van der Waals surface area contributed by atoms with Crippen LogP contribution in [0.25, 0.3) is 0 Å². The van der Waals surface area contributed by atoms with E-state index in [1.54, 1.807) is 7.11 Å². The van der Waals surface area contributed by atoms with Crippen LogP contribution < -0.4 is 10.1 Å². The molecule has 1 N–H and O–H groups in total. The summed E-state index contributed by atoms with van der Waals surface area (Å²) in [6.45, 7) is 10.4. The van der Waals surface area contributed by atoms with Crippen LogP contribution in [-0.4, -0.2) is 38.2 Å². The normalized spacial score (nSPS) is 17.3. The molecule has 0 bridgehead atoms. The average Bonchev–Trinajstić information content (AvgIpc) is 2.49. The molecule has 0 aromatic heterocycles. The minimum atomic E-state index is 0.750. The molecule has 1 aromatic carbocycles. The lowest BCUT2D eigenvalue weighted by Crippen LogP contribution is -2.37.